The summed E-state index contributed by atoms with van der Waals surface area (Å²) in [6, 6.07) is 0.549. The molecule has 8 heteroatoms. The van der Waals surface area contributed by atoms with Crippen molar-refractivity contribution in [3.63, 3.8) is 0 Å². The van der Waals surface area contributed by atoms with Crippen molar-refractivity contribution < 1.29 is 4.79 Å². The highest BCUT2D eigenvalue weighted by molar-refractivity contribution is 5.92. The minimum absolute atomic E-state index is 0.0390. The zero-order valence-electron chi connectivity index (χ0n) is 17.2. The molecule has 4 heterocycles. The molecule has 1 unspecified atom stereocenters. The molecule has 1 amide bonds. The highest BCUT2D eigenvalue weighted by atomic mass is 16.2. The number of aromatic nitrogens is 5. The second kappa shape index (κ2) is 7.24. The Balaban J connectivity index is 1.61. The first-order chi connectivity index (χ1) is 13.4. The van der Waals surface area contributed by atoms with Gasteiger partial charge >= 0.3 is 0 Å². The average Bonchev–Trinajstić information content (AvgIpc) is 3.26. The standard InChI is InChI=1S/C20H29N7O/c1-14(2)26-7-5-20(6-8-26)12-27(11-16(20)18-24-23-13-25(18)4)19(28)17-10-21-15(3)9-22-17/h9-10,13-14,16H,5-8,11-12H2,1-4H3. The first kappa shape index (κ1) is 19.0. The van der Waals surface area contributed by atoms with Crippen molar-refractivity contribution in [2.24, 2.45) is 12.5 Å². The monoisotopic (exact) mass is 383 g/mol. The molecule has 2 aliphatic rings. The lowest BCUT2D eigenvalue weighted by Crippen LogP contribution is -2.46. The van der Waals surface area contributed by atoms with E-state index in [0.29, 0.717) is 18.3 Å². The van der Waals surface area contributed by atoms with Crippen molar-refractivity contribution >= 4 is 5.91 Å². The Kier molecular flexibility index (Phi) is 4.91. The van der Waals surface area contributed by atoms with E-state index in [0.717, 1.165) is 44.0 Å². The number of likely N-dealkylation sites (tertiary alicyclic amines) is 2. The summed E-state index contributed by atoms with van der Waals surface area (Å²) >= 11 is 0. The van der Waals surface area contributed by atoms with Crippen LogP contribution in [0.2, 0.25) is 0 Å². The number of aryl methyl sites for hydroxylation is 2. The predicted molar refractivity (Wildman–Crippen MR) is 105 cm³/mol. The Morgan fingerprint density at radius 2 is 1.96 bits per heavy atom. The van der Waals surface area contributed by atoms with E-state index in [2.05, 4.69) is 38.9 Å². The van der Waals surface area contributed by atoms with E-state index < -0.39 is 0 Å². The third-order valence-corrected chi connectivity index (χ3v) is 6.52. The maximum Gasteiger partial charge on any atom is 0.274 e. The van der Waals surface area contributed by atoms with E-state index in [1.54, 1.807) is 18.7 Å². The molecule has 2 aromatic rings. The predicted octanol–water partition coefficient (Wildman–Crippen LogP) is 1.64. The molecule has 2 fully saturated rings. The fraction of sp³-hybridized carbons (Fsp3) is 0.650. The molecular formula is C20H29N7O. The van der Waals surface area contributed by atoms with Crippen LogP contribution in [-0.4, -0.2) is 72.7 Å². The van der Waals surface area contributed by atoms with Gasteiger partial charge in [0.1, 0.15) is 17.8 Å². The first-order valence-electron chi connectivity index (χ1n) is 10.1. The molecule has 2 aromatic heterocycles. The van der Waals surface area contributed by atoms with Crippen molar-refractivity contribution in [2.45, 2.75) is 45.6 Å². The molecule has 0 saturated carbocycles. The molecule has 2 saturated heterocycles. The van der Waals surface area contributed by atoms with Gasteiger partial charge in [-0.15, -0.1) is 10.2 Å². The van der Waals surface area contributed by atoms with Gasteiger partial charge in [-0.25, -0.2) is 4.98 Å². The molecule has 2 aliphatic heterocycles. The van der Waals surface area contributed by atoms with Crippen LogP contribution in [0.15, 0.2) is 18.7 Å². The molecule has 1 atom stereocenters. The maximum atomic E-state index is 13.1. The summed E-state index contributed by atoms with van der Waals surface area (Å²) in [5, 5.41) is 8.52. The molecule has 150 valence electrons. The van der Waals surface area contributed by atoms with Crippen molar-refractivity contribution in [3.05, 3.63) is 35.9 Å². The molecule has 8 nitrogen and oxygen atoms in total. The Hall–Kier alpha value is -2.35. The molecule has 0 aliphatic carbocycles. The summed E-state index contributed by atoms with van der Waals surface area (Å²) in [7, 11) is 1.99. The van der Waals surface area contributed by atoms with Gasteiger partial charge in [0.15, 0.2) is 0 Å². The van der Waals surface area contributed by atoms with Crippen molar-refractivity contribution in [2.75, 3.05) is 26.2 Å². The van der Waals surface area contributed by atoms with E-state index in [9.17, 15) is 4.79 Å². The Morgan fingerprint density at radius 3 is 2.54 bits per heavy atom. The molecule has 0 aromatic carbocycles. The zero-order chi connectivity index (χ0) is 19.9. The summed E-state index contributed by atoms with van der Waals surface area (Å²) in [6.45, 7) is 9.88. The third kappa shape index (κ3) is 3.30. The summed E-state index contributed by atoms with van der Waals surface area (Å²) < 4.78 is 2.00. The lowest BCUT2D eigenvalue weighted by Gasteiger charge is -2.43. The first-order valence-corrected chi connectivity index (χ1v) is 10.1. The maximum absolute atomic E-state index is 13.1. The number of carbonyl (C=O) groups excluding carboxylic acids is 1. The highest BCUT2D eigenvalue weighted by Gasteiger charge is 2.51. The van der Waals surface area contributed by atoms with Crippen molar-refractivity contribution in [3.8, 4) is 0 Å². The van der Waals surface area contributed by atoms with Crippen LogP contribution in [0.1, 0.15) is 54.6 Å². The molecular weight excluding hydrogens is 354 g/mol. The quantitative estimate of drug-likeness (QED) is 0.802. The Bertz CT molecular complexity index is 836. The summed E-state index contributed by atoms with van der Waals surface area (Å²) in [4.78, 5) is 26.1. The fourth-order valence-electron chi connectivity index (χ4n) is 4.74. The van der Waals surface area contributed by atoms with Gasteiger partial charge in [-0.05, 0) is 46.7 Å². The average molecular weight is 384 g/mol. The molecule has 0 bridgehead atoms. The minimum atomic E-state index is -0.0390. The van der Waals surface area contributed by atoms with Gasteiger partial charge in [-0.3, -0.25) is 9.78 Å². The third-order valence-electron chi connectivity index (χ3n) is 6.52. The lowest BCUT2D eigenvalue weighted by molar-refractivity contribution is 0.0642. The van der Waals surface area contributed by atoms with E-state index in [-0.39, 0.29) is 17.2 Å². The molecule has 1 spiro atoms. The number of nitrogens with zero attached hydrogens (tertiary/aromatic N) is 7. The van der Waals surface area contributed by atoms with Gasteiger partial charge in [0.2, 0.25) is 0 Å². The lowest BCUT2D eigenvalue weighted by atomic mass is 9.70. The van der Waals surface area contributed by atoms with Gasteiger partial charge in [-0.1, -0.05) is 0 Å². The Labute approximate surface area is 166 Å². The second-order valence-electron chi connectivity index (χ2n) is 8.57. The number of carbonyl (C=O) groups is 1. The molecule has 4 rings (SSSR count). The van der Waals surface area contributed by atoms with Crippen LogP contribution in [0.4, 0.5) is 0 Å². The van der Waals surface area contributed by atoms with Gasteiger partial charge in [-0.2, -0.15) is 0 Å². The number of amides is 1. The van der Waals surface area contributed by atoms with Crippen molar-refractivity contribution in [1.29, 1.82) is 0 Å². The number of piperidine rings is 1. The van der Waals surface area contributed by atoms with Gasteiger partial charge in [0.05, 0.1) is 11.9 Å². The van der Waals surface area contributed by atoms with E-state index in [4.69, 9.17) is 0 Å². The van der Waals surface area contributed by atoms with E-state index in [1.165, 1.54) is 0 Å². The van der Waals surface area contributed by atoms with Crippen LogP contribution >= 0.6 is 0 Å². The summed E-state index contributed by atoms with van der Waals surface area (Å²) in [5.74, 6) is 1.13. The van der Waals surface area contributed by atoms with Crippen LogP contribution < -0.4 is 0 Å². The smallest absolute Gasteiger partial charge is 0.274 e. The normalized spacial score (nSPS) is 22.3. The van der Waals surface area contributed by atoms with Crippen LogP contribution in [-0.2, 0) is 7.05 Å². The topological polar surface area (TPSA) is 80.0 Å². The van der Waals surface area contributed by atoms with Gasteiger partial charge < -0.3 is 14.4 Å². The van der Waals surface area contributed by atoms with Gasteiger partial charge in [0.25, 0.3) is 5.91 Å². The molecule has 0 N–H and O–H groups in total. The highest BCUT2D eigenvalue weighted by Crippen LogP contribution is 2.49. The van der Waals surface area contributed by atoms with Gasteiger partial charge in [0, 0.05) is 43.7 Å². The van der Waals surface area contributed by atoms with Crippen LogP contribution in [0, 0.1) is 12.3 Å². The largest absolute Gasteiger partial charge is 0.336 e. The van der Waals surface area contributed by atoms with Crippen LogP contribution in [0.25, 0.3) is 0 Å². The van der Waals surface area contributed by atoms with Crippen LogP contribution in [0.3, 0.4) is 0 Å². The SMILES string of the molecule is Cc1cnc(C(=O)N2CC(c3nncn3C)C3(CCN(C(C)C)CC3)C2)cn1. The van der Waals surface area contributed by atoms with Crippen LogP contribution in [0.5, 0.6) is 0 Å². The molecule has 28 heavy (non-hydrogen) atoms. The fourth-order valence-corrected chi connectivity index (χ4v) is 4.74. The summed E-state index contributed by atoms with van der Waals surface area (Å²) in [5.41, 5.74) is 1.27. The number of rotatable bonds is 3. The minimum Gasteiger partial charge on any atom is -0.336 e. The number of hydrogen-bond acceptors (Lipinski definition) is 6. The summed E-state index contributed by atoms with van der Waals surface area (Å²) in [6.07, 6.45) is 7.11. The van der Waals surface area contributed by atoms with E-state index in [1.807, 2.05) is 23.4 Å². The van der Waals surface area contributed by atoms with E-state index >= 15 is 0 Å². The van der Waals surface area contributed by atoms with Crippen molar-refractivity contribution in [1.82, 2.24) is 34.5 Å². The molecule has 0 radical (unpaired) electrons. The Morgan fingerprint density at radius 1 is 1.21 bits per heavy atom. The second-order valence-corrected chi connectivity index (χ2v) is 8.57. The number of hydrogen-bond donors (Lipinski definition) is 0. The zero-order valence-corrected chi connectivity index (χ0v) is 17.2.